The summed E-state index contributed by atoms with van der Waals surface area (Å²) in [6.45, 7) is -0.0802. The molecule has 0 heterocycles. The highest BCUT2D eigenvalue weighted by Gasteiger charge is 2.07. The van der Waals surface area contributed by atoms with Crippen molar-refractivity contribution in [3.8, 4) is 29.9 Å². The zero-order valence-corrected chi connectivity index (χ0v) is 15.5. The first-order valence-electron chi connectivity index (χ1n) is 8.74. The van der Waals surface area contributed by atoms with Crippen LogP contribution in [0, 0.1) is 23.7 Å². The van der Waals surface area contributed by atoms with Crippen molar-refractivity contribution < 1.29 is 14.3 Å². The van der Waals surface area contributed by atoms with Gasteiger partial charge in [-0.05, 0) is 41.1 Å². The molecule has 0 saturated carbocycles. The predicted octanol–water partition coefficient (Wildman–Crippen LogP) is 3.25. The second kappa shape index (κ2) is 9.59. The number of rotatable bonds is 7. The largest absolute Gasteiger partial charge is 0.484 e. The zero-order valence-electron chi connectivity index (χ0n) is 15.5. The minimum absolute atomic E-state index is 0.129. The van der Waals surface area contributed by atoms with Gasteiger partial charge in [0.1, 0.15) is 18.1 Å². The van der Waals surface area contributed by atoms with Crippen molar-refractivity contribution in [3.63, 3.8) is 0 Å². The first-order chi connectivity index (χ1) is 14.2. The molecule has 142 valence electrons. The molecule has 3 rings (SSSR count). The van der Waals surface area contributed by atoms with Gasteiger partial charge in [0.2, 0.25) is 0 Å². The molecule has 0 aliphatic carbocycles. The fourth-order valence-electron chi connectivity index (χ4n) is 2.63. The average Bonchev–Trinajstić information content (AvgIpc) is 2.77. The molecule has 29 heavy (non-hydrogen) atoms. The monoisotopic (exact) mass is 383 g/mol. The van der Waals surface area contributed by atoms with Crippen LogP contribution in [0.15, 0.2) is 65.8 Å². The maximum absolute atomic E-state index is 12.0. The maximum atomic E-state index is 12.0. The summed E-state index contributed by atoms with van der Waals surface area (Å²) in [5, 5.41) is 14.7. The van der Waals surface area contributed by atoms with Crippen molar-refractivity contribution in [2.24, 2.45) is 5.10 Å². The number of hydrogen-bond acceptors (Lipinski definition) is 5. The van der Waals surface area contributed by atoms with E-state index in [1.165, 1.54) is 6.21 Å². The van der Waals surface area contributed by atoms with Gasteiger partial charge in [-0.2, -0.15) is 10.4 Å². The highest BCUT2D eigenvalue weighted by molar-refractivity contribution is 6.02. The van der Waals surface area contributed by atoms with E-state index in [4.69, 9.17) is 21.2 Å². The van der Waals surface area contributed by atoms with E-state index >= 15 is 0 Å². The molecule has 1 N–H and O–H groups in total. The van der Waals surface area contributed by atoms with E-state index in [-0.39, 0.29) is 13.2 Å². The van der Waals surface area contributed by atoms with E-state index in [0.29, 0.717) is 22.6 Å². The number of carbonyl (C=O) groups excluding carboxylic acids is 1. The third-order valence-corrected chi connectivity index (χ3v) is 3.98. The van der Waals surface area contributed by atoms with Gasteiger partial charge in [-0.15, -0.1) is 6.42 Å². The molecule has 0 bridgehead atoms. The molecule has 6 heteroatoms. The molecule has 0 saturated heterocycles. The molecule has 0 aliphatic rings. The Kier molecular flexibility index (Phi) is 6.44. The number of fused-ring (bicyclic) bond motifs is 1. The standard InChI is InChI=1S/C23H17N3O3/c1-2-13-28-22-12-9-18-5-3-4-6-20(18)21(22)15-25-26-23(27)16-29-19-10-7-17(14-24)8-11-19/h1,3-12,15H,13,16H2,(H,26,27)/b25-15-. The van der Waals surface area contributed by atoms with Crippen LogP contribution in [0.1, 0.15) is 11.1 Å². The molecule has 3 aromatic carbocycles. The Morgan fingerprint density at radius 2 is 1.90 bits per heavy atom. The van der Waals surface area contributed by atoms with E-state index in [1.54, 1.807) is 24.3 Å². The van der Waals surface area contributed by atoms with Crippen molar-refractivity contribution in [2.75, 3.05) is 13.2 Å². The summed E-state index contributed by atoms with van der Waals surface area (Å²) in [4.78, 5) is 12.0. The number of ether oxygens (including phenoxy) is 2. The van der Waals surface area contributed by atoms with Crippen LogP contribution in [-0.2, 0) is 4.79 Å². The van der Waals surface area contributed by atoms with E-state index < -0.39 is 5.91 Å². The summed E-state index contributed by atoms with van der Waals surface area (Å²) in [5.41, 5.74) is 3.66. The van der Waals surface area contributed by atoms with Crippen LogP contribution >= 0.6 is 0 Å². The van der Waals surface area contributed by atoms with Gasteiger partial charge in [-0.3, -0.25) is 4.79 Å². The summed E-state index contributed by atoms with van der Waals surface area (Å²) < 4.78 is 11.0. The molecule has 0 radical (unpaired) electrons. The van der Waals surface area contributed by atoms with Crippen LogP contribution in [-0.4, -0.2) is 25.3 Å². The first-order valence-corrected chi connectivity index (χ1v) is 8.74. The fraction of sp³-hybridized carbons (Fsp3) is 0.0870. The van der Waals surface area contributed by atoms with Gasteiger partial charge in [0.25, 0.3) is 5.91 Å². The lowest BCUT2D eigenvalue weighted by Crippen LogP contribution is -2.24. The minimum atomic E-state index is -0.420. The highest BCUT2D eigenvalue weighted by atomic mass is 16.5. The van der Waals surface area contributed by atoms with Crippen LogP contribution in [0.4, 0.5) is 0 Å². The number of nitrogens with zero attached hydrogens (tertiary/aromatic N) is 2. The Morgan fingerprint density at radius 1 is 1.10 bits per heavy atom. The quantitative estimate of drug-likeness (QED) is 0.386. The smallest absolute Gasteiger partial charge is 0.277 e. The number of terminal acetylenes is 1. The molecular weight excluding hydrogens is 366 g/mol. The van der Waals surface area contributed by atoms with Gasteiger partial charge >= 0.3 is 0 Å². The molecule has 0 atom stereocenters. The molecule has 0 fully saturated rings. The summed E-state index contributed by atoms with van der Waals surface area (Å²) in [6, 6.07) is 20.0. The van der Waals surface area contributed by atoms with Crippen LogP contribution in [0.5, 0.6) is 11.5 Å². The maximum Gasteiger partial charge on any atom is 0.277 e. The Bertz CT molecular complexity index is 1120. The summed E-state index contributed by atoms with van der Waals surface area (Å²) >= 11 is 0. The van der Waals surface area contributed by atoms with E-state index in [1.807, 2.05) is 42.5 Å². The summed E-state index contributed by atoms with van der Waals surface area (Å²) in [7, 11) is 0. The van der Waals surface area contributed by atoms with Crippen LogP contribution in [0.2, 0.25) is 0 Å². The van der Waals surface area contributed by atoms with Crippen LogP contribution < -0.4 is 14.9 Å². The van der Waals surface area contributed by atoms with Crippen molar-refractivity contribution in [1.29, 1.82) is 5.26 Å². The van der Waals surface area contributed by atoms with Gasteiger partial charge in [0.05, 0.1) is 17.8 Å². The molecule has 0 aliphatic heterocycles. The number of nitrogens with one attached hydrogen (secondary N) is 1. The van der Waals surface area contributed by atoms with Gasteiger partial charge in [-0.25, -0.2) is 5.43 Å². The van der Waals surface area contributed by atoms with E-state index in [0.717, 1.165) is 10.8 Å². The summed E-state index contributed by atoms with van der Waals surface area (Å²) in [6.07, 6.45) is 6.80. The van der Waals surface area contributed by atoms with Crippen molar-refractivity contribution in [3.05, 3.63) is 71.8 Å². The lowest BCUT2D eigenvalue weighted by Gasteiger charge is -2.10. The van der Waals surface area contributed by atoms with Crippen molar-refractivity contribution >= 4 is 22.9 Å². The van der Waals surface area contributed by atoms with Crippen molar-refractivity contribution in [1.82, 2.24) is 5.43 Å². The fourth-order valence-corrected chi connectivity index (χ4v) is 2.63. The number of hydrazone groups is 1. The SMILES string of the molecule is C#CCOc1ccc2ccccc2c1/C=N\NC(=O)COc1ccc(C#N)cc1. The molecule has 0 unspecified atom stereocenters. The topological polar surface area (TPSA) is 83.7 Å². The molecule has 6 nitrogen and oxygen atoms in total. The molecule has 3 aromatic rings. The van der Waals surface area contributed by atoms with Crippen LogP contribution in [0.25, 0.3) is 10.8 Å². The van der Waals surface area contributed by atoms with Gasteiger partial charge in [0.15, 0.2) is 6.61 Å². The highest BCUT2D eigenvalue weighted by Crippen LogP contribution is 2.26. The number of hydrogen-bond donors (Lipinski definition) is 1. The normalized spacial score (nSPS) is 10.3. The Labute approximate surface area is 168 Å². The lowest BCUT2D eigenvalue weighted by molar-refractivity contribution is -0.123. The third kappa shape index (κ3) is 5.12. The molecule has 0 aromatic heterocycles. The second-order valence-corrected chi connectivity index (χ2v) is 5.91. The van der Waals surface area contributed by atoms with Gasteiger partial charge < -0.3 is 9.47 Å². The number of benzene rings is 3. The zero-order chi connectivity index (χ0) is 20.5. The molecule has 1 amide bonds. The van der Waals surface area contributed by atoms with E-state index in [9.17, 15) is 4.79 Å². The Morgan fingerprint density at radius 3 is 2.66 bits per heavy atom. The summed E-state index contributed by atoms with van der Waals surface area (Å²) in [5.74, 6) is 3.08. The predicted molar refractivity (Wildman–Crippen MR) is 111 cm³/mol. The van der Waals surface area contributed by atoms with Crippen molar-refractivity contribution in [2.45, 2.75) is 0 Å². The van der Waals surface area contributed by atoms with E-state index in [2.05, 4.69) is 16.4 Å². The second-order valence-electron chi connectivity index (χ2n) is 5.91. The molecule has 0 spiro atoms. The van der Waals surface area contributed by atoms with Gasteiger partial charge in [-0.1, -0.05) is 36.3 Å². The average molecular weight is 383 g/mol. The number of carbonyl (C=O) groups is 1. The first kappa shape index (κ1) is 19.5. The lowest BCUT2D eigenvalue weighted by atomic mass is 10.0. The number of amides is 1. The number of nitriles is 1. The van der Waals surface area contributed by atoms with Crippen LogP contribution in [0.3, 0.4) is 0 Å². The third-order valence-electron chi connectivity index (χ3n) is 3.98. The Hall–Kier alpha value is -4.29. The molecular formula is C23H17N3O3. The Balaban J connectivity index is 1.67. The minimum Gasteiger partial charge on any atom is -0.484 e. The van der Waals surface area contributed by atoms with Gasteiger partial charge in [0, 0.05) is 5.56 Å².